The summed E-state index contributed by atoms with van der Waals surface area (Å²) < 4.78 is 35.8. The summed E-state index contributed by atoms with van der Waals surface area (Å²) >= 11 is 0. The molecule has 1 aliphatic heterocycles. The zero-order valence-electron chi connectivity index (χ0n) is 5.86. The molecule has 2 atom stereocenters. The van der Waals surface area contributed by atoms with Crippen LogP contribution in [0.25, 0.3) is 0 Å². The first kappa shape index (κ1) is 8.80. The van der Waals surface area contributed by atoms with E-state index in [1.54, 1.807) is 0 Å². The zero-order chi connectivity index (χ0) is 8.48. The molecule has 0 saturated carbocycles. The maximum absolute atomic E-state index is 11.9. The van der Waals surface area contributed by atoms with E-state index in [2.05, 4.69) is 5.32 Å². The fourth-order valence-electron chi connectivity index (χ4n) is 1.21. The largest absolute Gasteiger partial charge is 0.395 e. The number of nitrogens with one attached hydrogen (secondary N) is 1. The average molecular weight is 169 g/mol. The van der Waals surface area contributed by atoms with Crippen molar-refractivity contribution in [1.82, 2.24) is 5.32 Å². The summed E-state index contributed by atoms with van der Waals surface area (Å²) in [5.74, 6) is -1.28. The van der Waals surface area contributed by atoms with E-state index in [4.69, 9.17) is 5.11 Å². The molecule has 0 aromatic rings. The van der Waals surface area contributed by atoms with Crippen molar-refractivity contribution in [3.8, 4) is 0 Å². The van der Waals surface area contributed by atoms with Gasteiger partial charge in [0.1, 0.15) is 0 Å². The van der Waals surface area contributed by atoms with Gasteiger partial charge in [-0.25, -0.2) is 0 Å². The van der Waals surface area contributed by atoms with Crippen LogP contribution in [0.2, 0.25) is 0 Å². The normalized spacial score (nSPS) is 32.7. The fraction of sp³-hybridized carbons (Fsp3) is 1.00. The Kier molecular flexibility index (Phi) is 2.39. The van der Waals surface area contributed by atoms with Gasteiger partial charge < -0.3 is 10.4 Å². The number of halogens is 3. The summed E-state index contributed by atoms with van der Waals surface area (Å²) in [4.78, 5) is 0. The smallest absolute Gasteiger partial charge is 0.393 e. The summed E-state index contributed by atoms with van der Waals surface area (Å²) in [6, 6.07) is -0.373. The molecule has 0 radical (unpaired) electrons. The quantitative estimate of drug-likeness (QED) is 0.599. The molecule has 0 amide bonds. The lowest BCUT2D eigenvalue weighted by Crippen LogP contribution is -2.25. The van der Waals surface area contributed by atoms with Crippen molar-refractivity contribution < 1.29 is 18.3 Å². The Labute approximate surface area is 62.4 Å². The van der Waals surface area contributed by atoms with Crippen LogP contribution in [0, 0.1) is 5.92 Å². The third-order valence-corrected chi connectivity index (χ3v) is 1.91. The molecule has 1 rings (SSSR count). The first-order valence-electron chi connectivity index (χ1n) is 3.45. The molecular weight excluding hydrogens is 159 g/mol. The number of aliphatic hydroxyl groups is 1. The lowest BCUT2D eigenvalue weighted by Gasteiger charge is -2.12. The Morgan fingerprint density at radius 1 is 1.45 bits per heavy atom. The molecule has 5 heteroatoms. The van der Waals surface area contributed by atoms with Crippen molar-refractivity contribution in [3.05, 3.63) is 0 Å². The fourth-order valence-corrected chi connectivity index (χ4v) is 1.21. The number of alkyl halides is 3. The van der Waals surface area contributed by atoms with E-state index in [-0.39, 0.29) is 25.6 Å². The lowest BCUT2D eigenvalue weighted by molar-refractivity contribution is -0.169. The van der Waals surface area contributed by atoms with Crippen molar-refractivity contribution in [3.63, 3.8) is 0 Å². The van der Waals surface area contributed by atoms with Crippen molar-refractivity contribution in [2.45, 2.75) is 18.6 Å². The average Bonchev–Trinajstić information content (AvgIpc) is 2.32. The van der Waals surface area contributed by atoms with Gasteiger partial charge in [0.15, 0.2) is 0 Å². The Hall–Kier alpha value is -0.290. The third-order valence-electron chi connectivity index (χ3n) is 1.91. The van der Waals surface area contributed by atoms with E-state index < -0.39 is 12.1 Å². The minimum atomic E-state index is -4.11. The van der Waals surface area contributed by atoms with Gasteiger partial charge in [-0.1, -0.05) is 0 Å². The molecule has 0 spiro atoms. The van der Waals surface area contributed by atoms with Gasteiger partial charge in [0, 0.05) is 12.6 Å². The molecule has 2 N–H and O–H groups in total. The van der Waals surface area contributed by atoms with Crippen LogP contribution in [0.3, 0.4) is 0 Å². The zero-order valence-corrected chi connectivity index (χ0v) is 5.86. The molecule has 0 aromatic carbocycles. The van der Waals surface area contributed by atoms with Gasteiger partial charge in [-0.05, 0) is 6.42 Å². The van der Waals surface area contributed by atoms with Crippen LogP contribution in [0.4, 0.5) is 13.2 Å². The van der Waals surface area contributed by atoms with Crippen LogP contribution < -0.4 is 5.32 Å². The number of aliphatic hydroxyl groups excluding tert-OH is 1. The monoisotopic (exact) mass is 169 g/mol. The number of hydrogen-bond acceptors (Lipinski definition) is 2. The van der Waals surface area contributed by atoms with Crippen LogP contribution >= 0.6 is 0 Å². The van der Waals surface area contributed by atoms with Crippen LogP contribution in [0.5, 0.6) is 0 Å². The Morgan fingerprint density at radius 2 is 2.09 bits per heavy atom. The Bertz CT molecular complexity index is 136. The molecule has 11 heavy (non-hydrogen) atoms. The molecule has 66 valence electrons. The van der Waals surface area contributed by atoms with Crippen LogP contribution in [-0.2, 0) is 0 Å². The van der Waals surface area contributed by atoms with Crippen molar-refractivity contribution in [2.75, 3.05) is 13.2 Å². The maximum Gasteiger partial charge on any atom is 0.393 e. The van der Waals surface area contributed by atoms with Crippen LogP contribution in [0.15, 0.2) is 0 Å². The summed E-state index contributed by atoms with van der Waals surface area (Å²) in [5.41, 5.74) is 0. The molecule has 1 fully saturated rings. The number of rotatable bonds is 1. The van der Waals surface area contributed by atoms with E-state index in [1.165, 1.54) is 0 Å². The van der Waals surface area contributed by atoms with Crippen LogP contribution in [0.1, 0.15) is 6.42 Å². The first-order valence-corrected chi connectivity index (χ1v) is 3.45. The molecule has 0 aliphatic carbocycles. The van der Waals surface area contributed by atoms with Crippen molar-refractivity contribution in [1.29, 1.82) is 0 Å². The molecule has 0 bridgehead atoms. The molecule has 1 aliphatic rings. The van der Waals surface area contributed by atoms with E-state index in [0.717, 1.165) is 0 Å². The van der Waals surface area contributed by atoms with E-state index in [1.807, 2.05) is 0 Å². The highest BCUT2D eigenvalue weighted by atomic mass is 19.4. The van der Waals surface area contributed by atoms with Gasteiger partial charge in [-0.2, -0.15) is 13.2 Å². The Balaban J connectivity index is 2.42. The standard InChI is InChI=1S/C6H10F3NO/c7-6(8,9)4-1-5(3-11)10-2-4/h4-5,10-11H,1-3H2/t4-,5+/m0/s1. The Morgan fingerprint density at radius 3 is 2.36 bits per heavy atom. The second kappa shape index (κ2) is 2.98. The van der Waals surface area contributed by atoms with Gasteiger partial charge in [-0.15, -0.1) is 0 Å². The summed E-state index contributed by atoms with van der Waals surface area (Å²) in [7, 11) is 0. The van der Waals surface area contributed by atoms with Gasteiger partial charge in [0.25, 0.3) is 0 Å². The molecule has 1 heterocycles. The maximum atomic E-state index is 11.9. The number of hydrogen-bond donors (Lipinski definition) is 2. The minimum absolute atomic E-state index is 0. The highest BCUT2D eigenvalue weighted by Crippen LogP contribution is 2.32. The summed E-state index contributed by atoms with van der Waals surface area (Å²) in [6.45, 7) is -0.276. The molecule has 0 aromatic heterocycles. The molecule has 1 saturated heterocycles. The first-order chi connectivity index (χ1) is 5.04. The van der Waals surface area contributed by atoms with Crippen LogP contribution in [-0.4, -0.2) is 30.5 Å². The highest BCUT2D eigenvalue weighted by Gasteiger charge is 2.43. The van der Waals surface area contributed by atoms with Crippen molar-refractivity contribution >= 4 is 0 Å². The van der Waals surface area contributed by atoms with E-state index >= 15 is 0 Å². The second-order valence-corrected chi connectivity index (χ2v) is 2.76. The topological polar surface area (TPSA) is 32.3 Å². The lowest BCUT2D eigenvalue weighted by atomic mass is 10.1. The highest BCUT2D eigenvalue weighted by molar-refractivity contribution is 4.84. The van der Waals surface area contributed by atoms with Gasteiger partial charge in [0.05, 0.1) is 12.5 Å². The predicted molar refractivity (Wildman–Crippen MR) is 33.0 cm³/mol. The summed E-state index contributed by atoms with van der Waals surface area (Å²) in [6.07, 6.45) is -4.11. The SMILES string of the molecule is OC[C@H]1C[C@H](C(F)(F)F)CN1. The molecule has 0 unspecified atom stereocenters. The minimum Gasteiger partial charge on any atom is -0.395 e. The van der Waals surface area contributed by atoms with Crippen molar-refractivity contribution in [2.24, 2.45) is 5.92 Å². The van der Waals surface area contributed by atoms with E-state index in [0.29, 0.717) is 0 Å². The predicted octanol–water partition coefficient (Wildman–Crippen LogP) is 0.519. The van der Waals surface area contributed by atoms with Gasteiger partial charge in [0.2, 0.25) is 0 Å². The molecular formula is C6H10F3NO. The second-order valence-electron chi connectivity index (χ2n) is 2.76. The van der Waals surface area contributed by atoms with E-state index in [9.17, 15) is 13.2 Å². The van der Waals surface area contributed by atoms with Gasteiger partial charge in [-0.3, -0.25) is 0 Å². The molecule has 2 nitrogen and oxygen atoms in total. The summed E-state index contributed by atoms with van der Waals surface area (Å²) in [5, 5.41) is 11.1. The third kappa shape index (κ3) is 2.07. The van der Waals surface area contributed by atoms with Gasteiger partial charge >= 0.3 is 6.18 Å².